The van der Waals surface area contributed by atoms with Gasteiger partial charge in [-0.1, -0.05) is 23.8 Å². The van der Waals surface area contributed by atoms with Gasteiger partial charge in [0.05, 0.1) is 31.5 Å². The Morgan fingerprint density at radius 2 is 1.90 bits per heavy atom. The standard InChI is InChI=1S/C29H39ClN6O3/c1-17(2)32-28(37)25-20-5-6-21(13-20)26(25)34-27-22(30)16-31-29(35-27)33-23-14-18-7-9-36(11-12-38-3)10-8-19(18)15-24(23)39-4/h5-6,14-17,20-21,25-26H,7-13H2,1-4H3,(H,32,37)(H2,31,33,34,35). The second kappa shape index (κ2) is 12.1. The minimum atomic E-state index is -0.169. The van der Waals surface area contributed by atoms with Crippen LogP contribution in [0.5, 0.6) is 5.75 Å². The summed E-state index contributed by atoms with van der Waals surface area (Å²) in [5.41, 5.74) is 3.40. The monoisotopic (exact) mass is 554 g/mol. The molecule has 1 aromatic carbocycles. The van der Waals surface area contributed by atoms with Crippen molar-refractivity contribution in [3.05, 3.63) is 46.6 Å². The van der Waals surface area contributed by atoms with Crippen LogP contribution in [-0.2, 0) is 22.4 Å². The number of nitrogens with zero attached hydrogens (tertiary/aromatic N) is 3. The highest BCUT2D eigenvalue weighted by Gasteiger charge is 2.48. The van der Waals surface area contributed by atoms with Gasteiger partial charge in [0.2, 0.25) is 11.9 Å². The molecule has 1 saturated carbocycles. The highest BCUT2D eigenvalue weighted by atomic mass is 35.5. The molecule has 3 aliphatic rings. The van der Waals surface area contributed by atoms with Crippen molar-refractivity contribution in [2.24, 2.45) is 17.8 Å². The first kappa shape index (κ1) is 27.7. The Hall–Kier alpha value is -2.88. The summed E-state index contributed by atoms with van der Waals surface area (Å²) in [7, 11) is 3.42. The molecule has 4 unspecified atom stereocenters. The number of anilines is 3. The third-order valence-electron chi connectivity index (χ3n) is 8.02. The van der Waals surface area contributed by atoms with Gasteiger partial charge in [-0.15, -0.1) is 0 Å². The van der Waals surface area contributed by atoms with Crippen LogP contribution in [0.2, 0.25) is 5.02 Å². The smallest absolute Gasteiger partial charge is 0.229 e. The minimum absolute atomic E-state index is 0.0679. The van der Waals surface area contributed by atoms with E-state index in [9.17, 15) is 4.79 Å². The number of carbonyl (C=O) groups excluding carboxylic acids is 1. The molecule has 10 heteroatoms. The van der Waals surface area contributed by atoms with E-state index in [4.69, 9.17) is 26.1 Å². The molecule has 1 amide bonds. The van der Waals surface area contributed by atoms with Gasteiger partial charge in [-0.2, -0.15) is 4.98 Å². The van der Waals surface area contributed by atoms with Crippen molar-refractivity contribution in [3.63, 3.8) is 0 Å². The quantitative estimate of drug-likeness (QED) is 0.378. The maximum absolute atomic E-state index is 13.0. The Morgan fingerprint density at radius 3 is 2.62 bits per heavy atom. The van der Waals surface area contributed by atoms with Crippen molar-refractivity contribution in [1.29, 1.82) is 0 Å². The van der Waals surface area contributed by atoms with Gasteiger partial charge in [-0.25, -0.2) is 4.98 Å². The fraction of sp³-hybridized carbons (Fsp3) is 0.552. The Morgan fingerprint density at radius 1 is 1.15 bits per heavy atom. The van der Waals surface area contributed by atoms with Crippen LogP contribution >= 0.6 is 11.6 Å². The fourth-order valence-electron chi connectivity index (χ4n) is 6.08. The Balaban J connectivity index is 1.34. The third kappa shape index (κ3) is 6.15. The van der Waals surface area contributed by atoms with E-state index in [0.29, 0.717) is 16.8 Å². The van der Waals surface area contributed by atoms with E-state index < -0.39 is 0 Å². The maximum atomic E-state index is 13.0. The SMILES string of the molecule is COCCN1CCc2cc(Nc3ncc(Cl)c(NC4C5C=CC(C5)C4C(=O)NC(C)C)n3)c(OC)cc2CC1. The molecular weight excluding hydrogens is 516 g/mol. The summed E-state index contributed by atoms with van der Waals surface area (Å²) in [6.45, 7) is 7.61. The molecular formula is C29H39ClN6O3. The summed E-state index contributed by atoms with van der Waals surface area (Å²) in [6.07, 6.45) is 8.83. The molecule has 5 rings (SSSR count). The first-order valence-corrected chi connectivity index (χ1v) is 14.2. The molecule has 4 atom stereocenters. The molecule has 2 heterocycles. The average Bonchev–Trinajstić information content (AvgIpc) is 3.46. The van der Waals surface area contributed by atoms with Gasteiger partial charge in [0, 0.05) is 38.8 Å². The van der Waals surface area contributed by atoms with Gasteiger partial charge < -0.3 is 30.3 Å². The predicted octanol–water partition coefficient (Wildman–Crippen LogP) is 4.06. The molecule has 2 aromatic rings. The van der Waals surface area contributed by atoms with E-state index in [-0.39, 0.29) is 35.7 Å². The molecule has 0 radical (unpaired) electrons. The fourth-order valence-corrected chi connectivity index (χ4v) is 6.22. The van der Waals surface area contributed by atoms with Crippen molar-refractivity contribution in [3.8, 4) is 5.75 Å². The predicted molar refractivity (Wildman–Crippen MR) is 154 cm³/mol. The second-order valence-corrected chi connectivity index (χ2v) is 11.4. The zero-order chi connectivity index (χ0) is 27.5. The molecule has 2 aliphatic carbocycles. The number of carbonyl (C=O) groups is 1. The number of halogens is 1. The van der Waals surface area contributed by atoms with E-state index in [0.717, 1.165) is 56.9 Å². The van der Waals surface area contributed by atoms with Crippen LogP contribution in [0.15, 0.2) is 30.5 Å². The average molecular weight is 555 g/mol. The summed E-state index contributed by atoms with van der Waals surface area (Å²) in [5, 5.41) is 10.4. The zero-order valence-electron chi connectivity index (χ0n) is 23.2. The molecule has 2 bridgehead atoms. The number of fused-ring (bicyclic) bond motifs is 3. The van der Waals surface area contributed by atoms with Crippen molar-refractivity contribution in [2.75, 3.05) is 51.1 Å². The molecule has 1 aromatic heterocycles. The first-order chi connectivity index (χ1) is 18.9. The number of ether oxygens (including phenoxy) is 2. The van der Waals surface area contributed by atoms with Gasteiger partial charge in [0.25, 0.3) is 0 Å². The van der Waals surface area contributed by atoms with E-state index >= 15 is 0 Å². The number of amides is 1. The Kier molecular flexibility index (Phi) is 8.59. The highest BCUT2D eigenvalue weighted by molar-refractivity contribution is 6.32. The van der Waals surface area contributed by atoms with Crippen molar-refractivity contribution < 1.29 is 14.3 Å². The Labute approximate surface area is 235 Å². The van der Waals surface area contributed by atoms with Crippen LogP contribution in [0.1, 0.15) is 31.4 Å². The number of hydrogen-bond donors (Lipinski definition) is 3. The van der Waals surface area contributed by atoms with Gasteiger partial charge in [0.1, 0.15) is 10.8 Å². The Bertz CT molecular complexity index is 1220. The number of aromatic nitrogens is 2. The van der Waals surface area contributed by atoms with Gasteiger partial charge in [-0.05, 0) is 68.2 Å². The number of allylic oxidation sites excluding steroid dienone is 1. The normalized spacial score (nSPS) is 23.9. The van der Waals surface area contributed by atoms with Crippen LogP contribution in [0.3, 0.4) is 0 Å². The van der Waals surface area contributed by atoms with E-state index in [1.807, 2.05) is 13.8 Å². The van der Waals surface area contributed by atoms with Crippen molar-refractivity contribution in [1.82, 2.24) is 20.2 Å². The van der Waals surface area contributed by atoms with Crippen LogP contribution < -0.4 is 20.7 Å². The molecule has 0 spiro atoms. The number of nitrogens with one attached hydrogen (secondary N) is 3. The number of hydrogen-bond acceptors (Lipinski definition) is 8. The lowest BCUT2D eigenvalue weighted by Crippen LogP contribution is -2.45. The van der Waals surface area contributed by atoms with Crippen LogP contribution in [0, 0.1) is 17.8 Å². The lowest BCUT2D eigenvalue weighted by Gasteiger charge is -2.29. The summed E-state index contributed by atoms with van der Waals surface area (Å²) >= 11 is 6.54. The molecule has 210 valence electrons. The third-order valence-corrected chi connectivity index (χ3v) is 8.29. The summed E-state index contributed by atoms with van der Waals surface area (Å²) in [6, 6.07) is 4.27. The highest BCUT2D eigenvalue weighted by Crippen LogP contribution is 2.45. The lowest BCUT2D eigenvalue weighted by molar-refractivity contribution is -0.126. The summed E-state index contributed by atoms with van der Waals surface area (Å²) < 4.78 is 11.0. The van der Waals surface area contributed by atoms with Crippen LogP contribution in [-0.4, -0.2) is 73.3 Å². The summed E-state index contributed by atoms with van der Waals surface area (Å²) in [4.78, 5) is 24.6. The number of methoxy groups -OCH3 is 2. The second-order valence-electron chi connectivity index (χ2n) is 11.0. The molecule has 1 aliphatic heterocycles. The van der Waals surface area contributed by atoms with Crippen molar-refractivity contribution >= 4 is 35.0 Å². The van der Waals surface area contributed by atoms with E-state index in [1.54, 1.807) is 20.4 Å². The first-order valence-electron chi connectivity index (χ1n) is 13.8. The molecule has 3 N–H and O–H groups in total. The summed E-state index contributed by atoms with van der Waals surface area (Å²) in [5.74, 6) is 2.06. The lowest BCUT2D eigenvalue weighted by atomic mass is 9.88. The molecule has 0 saturated heterocycles. The van der Waals surface area contributed by atoms with Crippen LogP contribution in [0.25, 0.3) is 0 Å². The molecule has 1 fully saturated rings. The molecule has 9 nitrogen and oxygen atoms in total. The van der Waals surface area contributed by atoms with E-state index in [2.05, 4.69) is 50.1 Å². The largest absolute Gasteiger partial charge is 0.495 e. The van der Waals surface area contributed by atoms with E-state index in [1.165, 1.54) is 11.1 Å². The van der Waals surface area contributed by atoms with Crippen molar-refractivity contribution in [2.45, 2.75) is 45.2 Å². The van der Waals surface area contributed by atoms with Crippen LogP contribution in [0.4, 0.5) is 17.5 Å². The minimum Gasteiger partial charge on any atom is -0.495 e. The number of rotatable bonds is 10. The van der Waals surface area contributed by atoms with Gasteiger partial charge >= 0.3 is 0 Å². The number of benzene rings is 1. The maximum Gasteiger partial charge on any atom is 0.229 e. The topological polar surface area (TPSA) is 101 Å². The van der Waals surface area contributed by atoms with Gasteiger partial charge in [-0.3, -0.25) is 4.79 Å². The zero-order valence-corrected chi connectivity index (χ0v) is 23.9. The van der Waals surface area contributed by atoms with Gasteiger partial charge in [0.15, 0.2) is 5.82 Å². The molecule has 39 heavy (non-hydrogen) atoms.